The van der Waals surface area contributed by atoms with E-state index < -0.39 is 0 Å². The summed E-state index contributed by atoms with van der Waals surface area (Å²) in [6, 6.07) is 2.00. The van der Waals surface area contributed by atoms with E-state index in [4.69, 9.17) is 18.0 Å². The quantitative estimate of drug-likeness (QED) is 0.717. The molecule has 0 fully saturated rings. The number of nitrogens with zero attached hydrogens (tertiary/aromatic N) is 6. The highest BCUT2D eigenvalue weighted by Crippen LogP contribution is 2.23. The summed E-state index contributed by atoms with van der Waals surface area (Å²) in [6.07, 6.45) is 5.02. The maximum atomic E-state index is 5.53. The predicted octanol–water partition coefficient (Wildman–Crippen LogP) is 1.24. The van der Waals surface area contributed by atoms with E-state index in [0.717, 1.165) is 11.2 Å². The second kappa shape index (κ2) is 4.59. The first kappa shape index (κ1) is 13.6. The van der Waals surface area contributed by atoms with Gasteiger partial charge < -0.3 is 5.73 Å². The van der Waals surface area contributed by atoms with Crippen molar-refractivity contribution in [2.75, 3.05) is 0 Å². The summed E-state index contributed by atoms with van der Waals surface area (Å²) in [6.45, 7) is 6.34. The Kier molecular flexibility index (Phi) is 2.98. The maximum absolute atomic E-state index is 5.53. The van der Waals surface area contributed by atoms with Crippen LogP contribution in [0, 0.1) is 0 Å². The molecule has 0 aliphatic rings. The Balaban J connectivity index is 2.18. The molecule has 0 aromatic carbocycles. The van der Waals surface area contributed by atoms with E-state index in [9.17, 15) is 0 Å². The molecule has 0 amide bonds. The van der Waals surface area contributed by atoms with E-state index in [1.807, 2.05) is 6.07 Å². The molecule has 0 aliphatic heterocycles. The van der Waals surface area contributed by atoms with Gasteiger partial charge in [-0.3, -0.25) is 0 Å². The van der Waals surface area contributed by atoms with Gasteiger partial charge in [-0.15, -0.1) is 5.10 Å². The zero-order valence-electron chi connectivity index (χ0n) is 12.0. The highest BCUT2D eigenvalue weighted by atomic mass is 32.1. The topological polar surface area (TPSA) is 86.9 Å². The van der Waals surface area contributed by atoms with Gasteiger partial charge in [0.25, 0.3) is 0 Å². The first-order chi connectivity index (χ1) is 9.86. The summed E-state index contributed by atoms with van der Waals surface area (Å²) in [5, 5.41) is 8.81. The minimum Gasteiger partial charge on any atom is -0.387 e. The van der Waals surface area contributed by atoms with E-state index in [2.05, 4.69) is 40.9 Å². The van der Waals surface area contributed by atoms with Crippen LogP contribution < -0.4 is 5.73 Å². The van der Waals surface area contributed by atoms with Gasteiger partial charge in [-0.2, -0.15) is 9.78 Å². The van der Waals surface area contributed by atoms with Crippen molar-refractivity contribution in [1.82, 2.24) is 29.4 Å². The molecule has 0 radical (unpaired) electrons. The molecule has 0 unspecified atom stereocenters. The molecule has 3 rings (SSSR count). The number of rotatable bonds is 2. The lowest BCUT2D eigenvalue weighted by atomic mass is 9.92. The lowest BCUT2D eigenvalue weighted by Crippen LogP contribution is -2.12. The zero-order valence-corrected chi connectivity index (χ0v) is 12.8. The fourth-order valence-electron chi connectivity index (χ4n) is 1.93. The SMILES string of the molecule is CC(C)(C)c1cc2c(-n3cnc(C(N)=S)n3)nccn2n1. The van der Waals surface area contributed by atoms with Gasteiger partial charge in [0.1, 0.15) is 16.8 Å². The molecule has 108 valence electrons. The van der Waals surface area contributed by atoms with E-state index in [1.54, 1.807) is 27.9 Å². The van der Waals surface area contributed by atoms with Crippen LogP contribution in [0.2, 0.25) is 0 Å². The third kappa shape index (κ3) is 2.38. The molecule has 3 heterocycles. The molecule has 0 saturated carbocycles. The van der Waals surface area contributed by atoms with Crippen molar-refractivity contribution in [2.45, 2.75) is 26.2 Å². The molecule has 0 atom stereocenters. The molecule has 0 saturated heterocycles. The average molecular weight is 301 g/mol. The van der Waals surface area contributed by atoms with Crippen molar-refractivity contribution < 1.29 is 0 Å². The Morgan fingerprint density at radius 2 is 2.00 bits per heavy atom. The fourth-order valence-corrected chi connectivity index (χ4v) is 2.02. The summed E-state index contributed by atoms with van der Waals surface area (Å²) in [4.78, 5) is 8.59. The normalized spacial score (nSPS) is 12.0. The van der Waals surface area contributed by atoms with Crippen LogP contribution in [-0.2, 0) is 5.41 Å². The minimum absolute atomic E-state index is 0.0460. The Labute approximate surface area is 126 Å². The number of aromatic nitrogens is 6. The van der Waals surface area contributed by atoms with Gasteiger partial charge in [-0.25, -0.2) is 14.5 Å². The summed E-state index contributed by atoms with van der Waals surface area (Å²) in [5.41, 5.74) is 7.32. The molecule has 3 aromatic heterocycles. The van der Waals surface area contributed by atoms with Gasteiger partial charge in [-0.05, 0) is 6.07 Å². The summed E-state index contributed by atoms with van der Waals surface area (Å²) in [7, 11) is 0. The molecule has 3 aromatic rings. The Morgan fingerprint density at radius 3 is 2.62 bits per heavy atom. The highest BCUT2D eigenvalue weighted by Gasteiger charge is 2.20. The van der Waals surface area contributed by atoms with Crippen molar-refractivity contribution in [3.8, 4) is 5.82 Å². The largest absolute Gasteiger partial charge is 0.387 e. The molecule has 2 N–H and O–H groups in total. The minimum atomic E-state index is -0.0460. The van der Waals surface area contributed by atoms with Gasteiger partial charge in [0, 0.05) is 17.8 Å². The van der Waals surface area contributed by atoms with Crippen LogP contribution in [0.25, 0.3) is 11.3 Å². The summed E-state index contributed by atoms with van der Waals surface area (Å²) < 4.78 is 3.34. The second-order valence-corrected chi connectivity index (χ2v) is 6.18. The van der Waals surface area contributed by atoms with Crippen molar-refractivity contribution in [1.29, 1.82) is 0 Å². The van der Waals surface area contributed by atoms with Crippen LogP contribution >= 0.6 is 12.2 Å². The second-order valence-electron chi connectivity index (χ2n) is 5.74. The first-order valence-corrected chi connectivity index (χ1v) is 6.84. The summed E-state index contributed by atoms with van der Waals surface area (Å²) in [5.74, 6) is 0.958. The predicted molar refractivity (Wildman–Crippen MR) is 82.5 cm³/mol. The zero-order chi connectivity index (χ0) is 15.2. The van der Waals surface area contributed by atoms with Gasteiger partial charge in [0.05, 0.1) is 5.69 Å². The number of nitrogens with two attached hydrogens (primary N) is 1. The van der Waals surface area contributed by atoms with Gasteiger partial charge in [0.2, 0.25) is 5.82 Å². The Bertz CT molecular complexity index is 825. The molecular weight excluding hydrogens is 286 g/mol. The maximum Gasteiger partial charge on any atom is 0.208 e. The van der Waals surface area contributed by atoms with Crippen molar-refractivity contribution in [2.24, 2.45) is 5.73 Å². The average Bonchev–Trinajstić information content (AvgIpc) is 3.04. The van der Waals surface area contributed by atoms with Crippen LogP contribution in [0.4, 0.5) is 0 Å². The Hall–Kier alpha value is -2.35. The number of thiocarbonyl (C=S) groups is 1. The van der Waals surface area contributed by atoms with Crippen molar-refractivity contribution >= 4 is 22.7 Å². The molecule has 0 bridgehead atoms. The van der Waals surface area contributed by atoms with E-state index in [-0.39, 0.29) is 10.4 Å². The molecule has 0 aliphatic carbocycles. The third-order valence-corrected chi connectivity index (χ3v) is 3.25. The lowest BCUT2D eigenvalue weighted by molar-refractivity contribution is 0.562. The fraction of sp³-hybridized carbons (Fsp3) is 0.308. The van der Waals surface area contributed by atoms with E-state index in [1.165, 1.54) is 0 Å². The molecule has 7 nitrogen and oxygen atoms in total. The van der Waals surface area contributed by atoms with Crippen molar-refractivity contribution in [3.63, 3.8) is 0 Å². The summed E-state index contributed by atoms with van der Waals surface area (Å²) >= 11 is 4.88. The van der Waals surface area contributed by atoms with Crippen LogP contribution in [-0.4, -0.2) is 34.4 Å². The Morgan fingerprint density at radius 1 is 1.24 bits per heavy atom. The first-order valence-electron chi connectivity index (χ1n) is 6.43. The number of hydrogen-bond donors (Lipinski definition) is 1. The van der Waals surface area contributed by atoms with Crippen LogP contribution in [0.1, 0.15) is 32.3 Å². The van der Waals surface area contributed by atoms with Crippen LogP contribution in [0.3, 0.4) is 0 Å². The number of fused-ring (bicyclic) bond motifs is 1. The molecular formula is C13H15N7S. The van der Waals surface area contributed by atoms with Crippen LogP contribution in [0.5, 0.6) is 0 Å². The molecule has 0 spiro atoms. The standard InChI is InChI=1S/C13H15N7S/c1-13(2,3)9-6-8-12(15-4-5-19(8)17-9)20-7-16-11(18-20)10(14)21/h4-7H,1-3H3,(H2,14,21). The van der Waals surface area contributed by atoms with Crippen molar-refractivity contribution in [3.05, 3.63) is 36.3 Å². The third-order valence-electron chi connectivity index (χ3n) is 3.07. The van der Waals surface area contributed by atoms with Gasteiger partial charge >= 0.3 is 0 Å². The van der Waals surface area contributed by atoms with Gasteiger partial charge in [-0.1, -0.05) is 33.0 Å². The van der Waals surface area contributed by atoms with E-state index in [0.29, 0.717) is 11.6 Å². The van der Waals surface area contributed by atoms with E-state index >= 15 is 0 Å². The monoisotopic (exact) mass is 301 g/mol. The molecule has 21 heavy (non-hydrogen) atoms. The lowest BCUT2D eigenvalue weighted by Gasteiger charge is -2.13. The molecule has 8 heteroatoms. The smallest absolute Gasteiger partial charge is 0.208 e. The van der Waals surface area contributed by atoms with Gasteiger partial charge in [0.15, 0.2) is 5.82 Å². The number of hydrogen-bond acceptors (Lipinski definition) is 5. The highest BCUT2D eigenvalue weighted by molar-refractivity contribution is 7.80. The van der Waals surface area contributed by atoms with Crippen LogP contribution in [0.15, 0.2) is 24.8 Å².